The lowest BCUT2D eigenvalue weighted by molar-refractivity contribution is -0.171. The van der Waals surface area contributed by atoms with Gasteiger partial charge in [0, 0.05) is 12.6 Å². The highest BCUT2D eigenvalue weighted by Gasteiger charge is 2.39. The van der Waals surface area contributed by atoms with Crippen molar-refractivity contribution in [2.45, 2.75) is 37.9 Å². The first-order valence-corrected chi connectivity index (χ1v) is 7.13. The van der Waals surface area contributed by atoms with Gasteiger partial charge in [0.25, 0.3) is 0 Å². The average molecular weight is 294 g/mol. The molecule has 2 heterocycles. The summed E-state index contributed by atoms with van der Waals surface area (Å²) in [5.74, 6) is -0.810. The van der Waals surface area contributed by atoms with Crippen LogP contribution in [-0.2, 0) is 9.53 Å². The predicted molar refractivity (Wildman–Crippen MR) is 67.2 cm³/mol. The topological polar surface area (TPSA) is 41.6 Å². The van der Waals surface area contributed by atoms with Crippen LogP contribution in [0.4, 0.5) is 13.2 Å². The van der Waals surface area contributed by atoms with Gasteiger partial charge in [-0.25, -0.2) is 0 Å². The van der Waals surface area contributed by atoms with Crippen molar-refractivity contribution >= 4 is 5.91 Å². The Labute approximate surface area is 116 Å². The first-order valence-electron chi connectivity index (χ1n) is 7.13. The van der Waals surface area contributed by atoms with Crippen LogP contribution in [0.3, 0.4) is 0 Å². The number of ether oxygens (including phenoxy) is 1. The zero-order valence-electron chi connectivity index (χ0n) is 11.4. The van der Waals surface area contributed by atoms with Gasteiger partial charge in [0.15, 0.2) is 0 Å². The van der Waals surface area contributed by atoms with Crippen molar-refractivity contribution in [1.82, 2.24) is 10.2 Å². The van der Waals surface area contributed by atoms with Crippen molar-refractivity contribution in [3.05, 3.63) is 0 Å². The van der Waals surface area contributed by atoms with Crippen molar-refractivity contribution in [2.75, 3.05) is 32.8 Å². The molecule has 2 fully saturated rings. The molecule has 1 N–H and O–H groups in total. The average Bonchev–Trinajstić information content (AvgIpc) is 2.45. The zero-order valence-corrected chi connectivity index (χ0v) is 11.4. The minimum absolute atomic E-state index is 0.248. The summed E-state index contributed by atoms with van der Waals surface area (Å²) in [5, 5.41) is 3.11. The molecule has 7 heteroatoms. The number of hydrogen-bond donors (Lipinski definition) is 1. The normalized spacial score (nSPS) is 25.4. The first-order chi connectivity index (χ1) is 9.47. The van der Waals surface area contributed by atoms with Crippen molar-refractivity contribution < 1.29 is 22.7 Å². The molecule has 0 aromatic rings. The highest BCUT2D eigenvalue weighted by molar-refractivity contribution is 5.79. The van der Waals surface area contributed by atoms with E-state index in [1.807, 2.05) is 0 Å². The number of amides is 1. The molecule has 0 saturated carbocycles. The maximum Gasteiger partial charge on any atom is 0.406 e. The summed E-state index contributed by atoms with van der Waals surface area (Å²) in [7, 11) is 0. The fourth-order valence-corrected chi connectivity index (χ4v) is 2.87. The fourth-order valence-electron chi connectivity index (χ4n) is 2.87. The number of rotatable bonds is 3. The minimum Gasteiger partial charge on any atom is -0.381 e. The fraction of sp³-hybridized carbons (Fsp3) is 0.923. The summed E-state index contributed by atoms with van der Waals surface area (Å²) < 4.78 is 43.5. The molecule has 2 rings (SSSR count). The van der Waals surface area contributed by atoms with Crippen LogP contribution in [0.15, 0.2) is 0 Å². The molecule has 2 aliphatic rings. The van der Waals surface area contributed by atoms with Gasteiger partial charge in [-0.15, -0.1) is 0 Å². The maximum absolute atomic E-state index is 12.7. The summed E-state index contributed by atoms with van der Waals surface area (Å²) in [6.45, 7) is 1.02. The lowest BCUT2D eigenvalue weighted by Gasteiger charge is -2.37. The number of carbonyl (C=O) groups is 1. The van der Waals surface area contributed by atoms with Gasteiger partial charge in [-0.2, -0.15) is 13.2 Å². The van der Waals surface area contributed by atoms with E-state index in [4.69, 9.17) is 4.74 Å². The van der Waals surface area contributed by atoms with Crippen LogP contribution in [0.5, 0.6) is 0 Å². The van der Waals surface area contributed by atoms with Crippen molar-refractivity contribution in [2.24, 2.45) is 5.92 Å². The number of alkyl halides is 3. The van der Waals surface area contributed by atoms with Gasteiger partial charge in [-0.1, -0.05) is 0 Å². The molecule has 1 atom stereocenters. The van der Waals surface area contributed by atoms with E-state index >= 15 is 0 Å². The maximum atomic E-state index is 12.7. The molecule has 20 heavy (non-hydrogen) atoms. The summed E-state index contributed by atoms with van der Waals surface area (Å²) in [6.07, 6.45) is -1.83. The zero-order chi connectivity index (χ0) is 14.6. The SMILES string of the molecule is O=C(C1CCCOC1)N(CC(F)(F)F)C1CCNCC1. The molecular formula is C13H21F3N2O2. The van der Waals surface area contributed by atoms with E-state index in [0.29, 0.717) is 39.0 Å². The highest BCUT2D eigenvalue weighted by Crippen LogP contribution is 2.25. The predicted octanol–water partition coefficient (Wildman–Crippen LogP) is 1.56. The van der Waals surface area contributed by atoms with Gasteiger partial charge >= 0.3 is 6.18 Å². The Kier molecular flexibility index (Phi) is 5.26. The first kappa shape index (κ1) is 15.6. The van der Waals surface area contributed by atoms with Crippen LogP contribution in [0.25, 0.3) is 0 Å². The third-order valence-electron chi connectivity index (χ3n) is 3.89. The van der Waals surface area contributed by atoms with E-state index in [1.165, 1.54) is 0 Å². The Morgan fingerprint density at radius 3 is 2.50 bits per heavy atom. The van der Waals surface area contributed by atoms with E-state index in [2.05, 4.69) is 5.32 Å². The summed E-state index contributed by atoms with van der Waals surface area (Å²) >= 11 is 0. The Morgan fingerprint density at radius 2 is 1.95 bits per heavy atom. The number of nitrogens with zero attached hydrogens (tertiary/aromatic N) is 1. The number of carbonyl (C=O) groups excluding carboxylic acids is 1. The van der Waals surface area contributed by atoms with Gasteiger partial charge in [-0.3, -0.25) is 4.79 Å². The molecule has 0 aromatic heterocycles. The molecule has 0 spiro atoms. The number of nitrogens with one attached hydrogen (secondary N) is 1. The van der Waals surface area contributed by atoms with Crippen molar-refractivity contribution in [3.8, 4) is 0 Å². The Balaban J connectivity index is 2.05. The third-order valence-corrected chi connectivity index (χ3v) is 3.89. The molecule has 1 unspecified atom stereocenters. The smallest absolute Gasteiger partial charge is 0.381 e. The number of hydrogen-bond acceptors (Lipinski definition) is 3. The number of piperidine rings is 1. The highest BCUT2D eigenvalue weighted by atomic mass is 19.4. The molecule has 1 amide bonds. The van der Waals surface area contributed by atoms with Crippen LogP contribution >= 0.6 is 0 Å². The molecular weight excluding hydrogens is 273 g/mol. The lowest BCUT2D eigenvalue weighted by Crippen LogP contribution is -2.52. The molecule has 0 aliphatic carbocycles. The molecule has 4 nitrogen and oxygen atoms in total. The third kappa shape index (κ3) is 4.34. The quantitative estimate of drug-likeness (QED) is 0.859. The largest absolute Gasteiger partial charge is 0.406 e. The second-order valence-corrected chi connectivity index (χ2v) is 5.48. The summed E-state index contributed by atoms with van der Waals surface area (Å²) in [4.78, 5) is 13.4. The second-order valence-electron chi connectivity index (χ2n) is 5.48. The van der Waals surface area contributed by atoms with E-state index in [9.17, 15) is 18.0 Å². The Bertz CT molecular complexity index is 324. The van der Waals surface area contributed by atoms with Crippen molar-refractivity contribution in [1.29, 1.82) is 0 Å². The number of halogens is 3. The van der Waals surface area contributed by atoms with Crippen LogP contribution in [0.1, 0.15) is 25.7 Å². The van der Waals surface area contributed by atoms with Gasteiger partial charge in [-0.05, 0) is 38.8 Å². The van der Waals surface area contributed by atoms with E-state index in [1.54, 1.807) is 0 Å². The Hall–Kier alpha value is -0.820. The molecule has 0 bridgehead atoms. The minimum atomic E-state index is -4.35. The van der Waals surface area contributed by atoms with Crippen LogP contribution in [0.2, 0.25) is 0 Å². The monoisotopic (exact) mass is 294 g/mol. The van der Waals surface area contributed by atoms with E-state index < -0.39 is 24.5 Å². The Morgan fingerprint density at radius 1 is 1.25 bits per heavy atom. The van der Waals surface area contributed by atoms with Gasteiger partial charge in [0.2, 0.25) is 5.91 Å². The van der Waals surface area contributed by atoms with Gasteiger partial charge in [0.1, 0.15) is 6.54 Å². The van der Waals surface area contributed by atoms with Crippen LogP contribution in [0, 0.1) is 5.92 Å². The molecule has 2 aliphatic heterocycles. The molecule has 116 valence electrons. The molecule has 0 aromatic carbocycles. The van der Waals surface area contributed by atoms with E-state index in [0.717, 1.165) is 11.3 Å². The van der Waals surface area contributed by atoms with Crippen molar-refractivity contribution in [3.63, 3.8) is 0 Å². The van der Waals surface area contributed by atoms with Crippen LogP contribution < -0.4 is 5.32 Å². The second kappa shape index (κ2) is 6.76. The summed E-state index contributed by atoms with van der Waals surface area (Å²) in [5.41, 5.74) is 0. The lowest BCUT2D eigenvalue weighted by atomic mass is 9.97. The summed E-state index contributed by atoms with van der Waals surface area (Å²) in [6, 6.07) is -0.313. The van der Waals surface area contributed by atoms with Gasteiger partial charge < -0.3 is 15.0 Å². The van der Waals surface area contributed by atoms with Crippen LogP contribution in [-0.4, -0.2) is 55.9 Å². The standard InChI is InChI=1S/C13H21F3N2O2/c14-13(15,16)9-18(11-3-5-17-6-4-11)12(19)10-2-1-7-20-8-10/h10-11,17H,1-9H2. The molecule has 0 radical (unpaired) electrons. The molecule has 2 saturated heterocycles. The van der Waals surface area contributed by atoms with E-state index in [-0.39, 0.29) is 12.6 Å². The van der Waals surface area contributed by atoms with Gasteiger partial charge in [0.05, 0.1) is 12.5 Å².